The lowest BCUT2D eigenvalue weighted by Crippen LogP contribution is -2.40. The third kappa shape index (κ3) is 1.98. The van der Waals surface area contributed by atoms with Crippen LogP contribution in [0.1, 0.15) is 18.4 Å². The maximum Gasteiger partial charge on any atom is 0.0475 e. The van der Waals surface area contributed by atoms with E-state index in [-0.39, 0.29) is 5.41 Å². The number of anilines is 1. The van der Waals surface area contributed by atoms with Gasteiger partial charge < -0.3 is 16.2 Å². The van der Waals surface area contributed by atoms with Crippen LogP contribution in [0.15, 0.2) is 24.3 Å². The molecule has 82 valence electrons. The van der Waals surface area contributed by atoms with E-state index in [9.17, 15) is 0 Å². The summed E-state index contributed by atoms with van der Waals surface area (Å²) in [5, 5.41) is 0. The lowest BCUT2D eigenvalue weighted by atomic mass is 9.74. The molecule has 0 aliphatic carbocycles. The lowest BCUT2D eigenvalue weighted by molar-refractivity contribution is 0.0530. The van der Waals surface area contributed by atoms with Crippen LogP contribution in [0, 0.1) is 0 Å². The first kappa shape index (κ1) is 10.5. The van der Waals surface area contributed by atoms with Crippen LogP contribution in [-0.2, 0) is 10.2 Å². The van der Waals surface area contributed by atoms with E-state index < -0.39 is 0 Å². The van der Waals surface area contributed by atoms with Gasteiger partial charge in [-0.05, 0) is 30.5 Å². The number of ether oxygens (including phenoxy) is 1. The van der Waals surface area contributed by atoms with Crippen LogP contribution >= 0.6 is 0 Å². The zero-order valence-corrected chi connectivity index (χ0v) is 8.91. The second kappa shape index (κ2) is 4.21. The van der Waals surface area contributed by atoms with Gasteiger partial charge in [0.15, 0.2) is 0 Å². The molecule has 1 aliphatic rings. The minimum atomic E-state index is 0.0770. The first-order valence-electron chi connectivity index (χ1n) is 5.41. The quantitative estimate of drug-likeness (QED) is 0.716. The maximum atomic E-state index is 5.92. The molecular weight excluding hydrogens is 188 g/mol. The molecule has 0 amide bonds. The molecule has 1 aromatic carbocycles. The van der Waals surface area contributed by atoms with Gasteiger partial charge >= 0.3 is 0 Å². The van der Waals surface area contributed by atoms with Crippen LogP contribution in [0.3, 0.4) is 0 Å². The number of benzene rings is 1. The largest absolute Gasteiger partial charge is 0.399 e. The van der Waals surface area contributed by atoms with Crippen molar-refractivity contribution >= 4 is 5.69 Å². The van der Waals surface area contributed by atoms with Crippen molar-refractivity contribution in [1.29, 1.82) is 0 Å². The highest BCUT2D eigenvalue weighted by Gasteiger charge is 2.32. The Bertz CT molecular complexity index is 332. The molecule has 4 N–H and O–H groups in total. The Hall–Kier alpha value is -1.06. The number of rotatable bonds is 2. The van der Waals surface area contributed by atoms with Gasteiger partial charge in [-0.25, -0.2) is 0 Å². The SMILES string of the molecule is NCC1(c2cccc(N)c2)CCOCC1. The summed E-state index contributed by atoms with van der Waals surface area (Å²) in [7, 11) is 0. The summed E-state index contributed by atoms with van der Waals surface area (Å²) >= 11 is 0. The van der Waals surface area contributed by atoms with Gasteiger partial charge in [0.25, 0.3) is 0 Å². The van der Waals surface area contributed by atoms with E-state index in [1.165, 1.54) is 5.56 Å². The van der Waals surface area contributed by atoms with E-state index in [2.05, 4.69) is 6.07 Å². The van der Waals surface area contributed by atoms with Gasteiger partial charge in [0.2, 0.25) is 0 Å². The standard InChI is InChI=1S/C12H18N2O/c13-9-12(4-6-15-7-5-12)10-2-1-3-11(14)8-10/h1-3,8H,4-7,9,13-14H2. The molecule has 1 fully saturated rings. The lowest BCUT2D eigenvalue weighted by Gasteiger charge is -2.36. The number of hydrogen-bond donors (Lipinski definition) is 2. The van der Waals surface area contributed by atoms with Crippen molar-refractivity contribution in [3.63, 3.8) is 0 Å². The monoisotopic (exact) mass is 206 g/mol. The molecule has 0 atom stereocenters. The van der Waals surface area contributed by atoms with Crippen molar-refractivity contribution in [2.75, 3.05) is 25.5 Å². The van der Waals surface area contributed by atoms with Gasteiger partial charge in [0.1, 0.15) is 0 Å². The highest BCUT2D eigenvalue weighted by Crippen LogP contribution is 2.34. The van der Waals surface area contributed by atoms with Crippen molar-refractivity contribution in [1.82, 2.24) is 0 Å². The summed E-state index contributed by atoms with van der Waals surface area (Å²) in [5.74, 6) is 0. The summed E-state index contributed by atoms with van der Waals surface area (Å²) in [4.78, 5) is 0. The van der Waals surface area contributed by atoms with Gasteiger partial charge in [-0.1, -0.05) is 12.1 Å². The minimum absolute atomic E-state index is 0.0770. The molecule has 0 radical (unpaired) electrons. The molecular formula is C12H18N2O. The minimum Gasteiger partial charge on any atom is -0.399 e. The Morgan fingerprint density at radius 1 is 1.27 bits per heavy atom. The topological polar surface area (TPSA) is 61.3 Å². The van der Waals surface area contributed by atoms with Crippen molar-refractivity contribution in [2.45, 2.75) is 18.3 Å². The molecule has 0 aromatic heterocycles. The van der Waals surface area contributed by atoms with Gasteiger partial charge in [-0.15, -0.1) is 0 Å². The zero-order valence-electron chi connectivity index (χ0n) is 8.91. The van der Waals surface area contributed by atoms with Crippen molar-refractivity contribution in [3.05, 3.63) is 29.8 Å². The van der Waals surface area contributed by atoms with E-state index in [4.69, 9.17) is 16.2 Å². The zero-order chi connectivity index (χ0) is 10.7. The molecule has 0 unspecified atom stereocenters. The molecule has 0 saturated carbocycles. The fourth-order valence-corrected chi connectivity index (χ4v) is 2.24. The average molecular weight is 206 g/mol. The van der Waals surface area contributed by atoms with Crippen LogP contribution in [0.25, 0.3) is 0 Å². The number of nitrogen functional groups attached to an aromatic ring is 1. The number of nitrogens with two attached hydrogens (primary N) is 2. The Balaban J connectivity index is 2.32. The summed E-state index contributed by atoms with van der Waals surface area (Å²) in [6.45, 7) is 2.26. The van der Waals surface area contributed by atoms with Crippen LogP contribution < -0.4 is 11.5 Å². The molecule has 0 spiro atoms. The first-order valence-corrected chi connectivity index (χ1v) is 5.41. The van der Waals surface area contributed by atoms with E-state index in [1.807, 2.05) is 18.2 Å². The van der Waals surface area contributed by atoms with Crippen LogP contribution in [-0.4, -0.2) is 19.8 Å². The second-order valence-electron chi connectivity index (χ2n) is 4.22. The Kier molecular flexibility index (Phi) is 2.93. The summed E-state index contributed by atoms with van der Waals surface area (Å²) in [6.07, 6.45) is 1.99. The highest BCUT2D eigenvalue weighted by atomic mass is 16.5. The molecule has 15 heavy (non-hydrogen) atoms. The smallest absolute Gasteiger partial charge is 0.0475 e. The first-order chi connectivity index (χ1) is 7.27. The average Bonchev–Trinajstić information content (AvgIpc) is 2.30. The Labute approximate surface area is 90.4 Å². The third-order valence-electron chi connectivity index (χ3n) is 3.34. The van der Waals surface area contributed by atoms with Crippen molar-refractivity contribution < 1.29 is 4.74 Å². The van der Waals surface area contributed by atoms with Crippen LogP contribution in [0.4, 0.5) is 5.69 Å². The Morgan fingerprint density at radius 2 is 2.00 bits per heavy atom. The van der Waals surface area contributed by atoms with Gasteiger partial charge in [0, 0.05) is 30.9 Å². The van der Waals surface area contributed by atoms with Crippen LogP contribution in [0.5, 0.6) is 0 Å². The van der Waals surface area contributed by atoms with Gasteiger partial charge in [-0.3, -0.25) is 0 Å². The van der Waals surface area contributed by atoms with Gasteiger partial charge in [0.05, 0.1) is 0 Å². The van der Waals surface area contributed by atoms with E-state index >= 15 is 0 Å². The predicted molar refractivity (Wildman–Crippen MR) is 61.6 cm³/mol. The van der Waals surface area contributed by atoms with Crippen LogP contribution in [0.2, 0.25) is 0 Å². The summed E-state index contributed by atoms with van der Waals surface area (Å²) < 4.78 is 5.39. The van der Waals surface area contributed by atoms with E-state index in [1.54, 1.807) is 0 Å². The fourth-order valence-electron chi connectivity index (χ4n) is 2.24. The predicted octanol–water partition coefficient (Wildman–Crippen LogP) is 1.28. The normalized spacial score (nSPS) is 20.1. The Morgan fingerprint density at radius 3 is 2.60 bits per heavy atom. The highest BCUT2D eigenvalue weighted by molar-refractivity contribution is 5.43. The maximum absolute atomic E-state index is 5.92. The third-order valence-corrected chi connectivity index (χ3v) is 3.34. The summed E-state index contributed by atoms with van der Waals surface area (Å²) in [5.41, 5.74) is 13.9. The summed E-state index contributed by atoms with van der Waals surface area (Å²) in [6, 6.07) is 8.07. The molecule has 3 heteroatoms. The van der Waals surface area contributed by atoms with Crippen molar-refractivity contribution in [2.24, 2.45) is 5.73 Å². The molecule has 1 aliphatic heterocycles. The molecule has 2 rings (SSSR count). The van der Waals surface area contributed by atoms with E-state index in [0.29, 0.717) is 6.54 Å². The molecule has 1 saturated heterocycles. The second-order valence-corrected chi connectivity index (χ2v) is 4.22. The molecule has 1 heterocycles. The molecule has 1 aromatic rings. The number of hydrogen-bond acceptors (Lipinski definition) is 3. The van der Waals surface area contributed by atoms with Crippen molar-refractivity contribution in [3.8, 4) is 0 Å². The fraction of sp³-hybridized carbons (Fsp3) is 0.500. The van der Waals surface area contributed by atoms with Gasteiger partial charge in [-0.2, -0.15) is 0 Å². The van der Waals surface area contributed by atoms with E-state index in [0.717, 1.165) is 31.7 Å². The molecule has 3 nitrogen and oxygen atoms in total. The molecule has 0 bridgehead atoms.